The highest BCUT2D eigenvalue weighted by Crippen LogP contribution is 2.42. The summed E-state index contributed by atoms with van der Waals surface area (Å²) < 4.78 is 6.00. The number of aryl methyl sites for hydroxylation is 3. The maximum atomic E-state index is 12.3. The van der Waals surface area contributed by atoms with E-state index < -0.39 is 17.7 Å². The highest BCUT2D eigenvalue weighted by atomic mass is 32.1. The molecule has 0 aromatic carbocycles. The smallest absolute Gasteiger partial charge is 0.337 e. The molecule has 30 heavy (non-hydrogen) atoms. The minimum absolute atomic E-state index is 0.610. The fourth-order valence-corrected chi connectivity index (χ4v) is 5.17. The Bertz CT molecular complexity index is 1040. The van der Waals surface area contributed by atoms with Crippen LogP contribution in [-0.4, -0.2) is 27.9 Å². The SMILES string of the molecule is C=C(C)N=C/C=C/c1c(C(OC(C)(C)C)C(=O)O)c(C)nc2sc3c(c12)CCCC3. The van der Waals surface area contributed by atoms with Gasteiger partial charge in [-0.15, -0.1) is 11.3 Å². The van der Waals surface area contributed by atoms with Crippen LogP contribution in [0.3, 0.4) is 0 Å². The van der Waals surface area contributed by atoms with E-state index in [0.717, 1.165) is 35.0 Å². The Balaban J connectivity index is 2.28. The minimum Gasteiger partial charge on any atom is -0.479 e. The standard InChI is InChI=1S/C24H30N2O3S/c1-14(2)25-13-9-11-17-19(21(23(27)28)29-24(4,5)6)15(3)26-22-20(17)16-10-7-8-12-18(16)30-22/h9,11,13,21H,1,7-8,10,12H2,2-6H3,(H,27,28)/b11-9+,25-13?. The minimum atomic E-state index is -1.10. The molecule has 0 radical (unpaired) electrons. The van der Waals surface area contributed by atoms with Crippen molar-refractivity contribution in [2.75, 3.05) is 0 Å². The molecule has 1 N–H and O–H groups in total. The van der Waals surface area contributed by atoms with E-state index in [1.165, 1.54) is 16.9 Å². The Morgan fingerprint density at radius 1 is 1.33 bits per heavy atom. The number of rotatable bonds is 6. The number of nitrogens with zero attached hydrogens (tertiary/aromatic N) is 2. The number of aliphatic carboxylic acids is 1. The van der Waals surface area contributed by atoms with Crippen molar-refractivity contribution in [1.82, 2.24) is 4.98 Å². The summed E-state index contributed by atoms with van der Waals surface area (Å²) in [6, 6.07) is 0. The van der Waals surface area contributed by atoms with E-state index in [4.69, 9.17) is 9.72 Å². The molecule has 0 saturated carbocycles. The Morgan fingerprint density at radius 2 is 2.03 bits per heavy atom. The molecule has 0 bridgehead atoms. The lowest BCUT2D eigenvalue weighted by Crippen LogP contribution is -2.28. The van der Waals surface area contributed by atoms with Crippen LogP contribution in [0.1, 0.15) is 73.9 Å². The topological polar surface area (TPSA) is 71.8 Å². The van der Waals surface area contributed by atoms with Gasteiger partial charge in [-0.25, -0.2) is 9.78 Å². The van der Waals surface area contributed by atoms with Gasteiger partial charge in [0.05, 0.1) is 5.60 Å². The lowest BCUT2D eigenvalue weighted by molar-refractivity contribution is -0.160. The van der Waals surface area contributed by atoms with E-state index in [1.54, 1.807) is 17.6 Å². The molecule has 5 nitrogen and oxygen atoms in total. The molecular formula is C24H30N2O3S. The van der Waals surface area contributed by atoms with Crippen LogP contribution in [0.5, 0.6) is 0 Å². The first-order chi connectivity index (χ1) is 14.1. The van der Waals surface area contributed by atoms with Gasteiger partial charge in [0.1, 0.15) is 4.83 Å². The van der Waals surface area contributed by atoms with Gasteiger partial charge in [0, 0.05) is 33.4 Å². The van der Waals surface area contributed by atoms with Gasteiger partial charge in [0.2, 0.25) is 0 Å². The van der Waals surface area contributed by atoms with E-state index in [2.05, 4.69) is 11.6 Å². The number of thiophene rings is 1. The average molecular weight is 427 g/mol. The molecule has 0 fully saturated rings. The maximum absolute atomic E-state index is 12.3. The largest absolute Gasteiger partial charge is 0.479 e. The molecular weight excluding hydrogens is 396 g/mol. The van der Waals surface area contributed by atoms with Gasteiger partial charge >= 0.3 is 5.97 Å². The maximum Gasteiger partial charge on any atom is 0.337 e. The van der Waals surface area contributed by atoms with Crippen LogP contribution in [0.25, 0.3) is 16.3 Å². The number of aliphatic imine (C=N–C) groups is 1. The molecule has 0 aliphatic heterocycles. The van der Waals surface area contributed by atoms with E-state index in [9.17, 15) is 9.90 Å². The summed E-state index contributed by atoms with van der Waals surface area (Å²) in [6.45, 7) is 13.1. The number of ether oxygens (including phenoxy) is 1. The van der Waals surface area contributed by atoms with Crippen LogP contribution in [0.4, 0.5) is 0 Å². The summed E-state index contributed by atoms with van der Waals surface area (Å²) in [5.41, 5.74) is 3.60. The molecule has 6 heteroatoms. The van der Waals surface area contributed by atoms with Crippen LogP contribution >= 0.6 is 11.3 Å². The average Bonchev–Trinajstić information content (AvgIpc) is 3.00. The second kappa shape index (κ2) is 8.82. The summed E-state index contributed by atoms with van der Waals surface area (Å²) in [6.07, 6.45) is 8.77. The van der Waals surface area contributed by atoms with Gasteiger partial charge in [-0.05, 0) is 77.5 Å². The number of carboxylic acids is 1. The third-order valence-corrected chi connectivity index (χ3v) is 6.16. The summed E-state index contributed by atoms with van der Waals surface area (Å²) in [5, 5.41) is 11.1. The summed E-state index contributed by atoms with van der Waals surface area (Å²) >= 11 is 1.73. The number of hydrogen-bond donors (Lipinski definition) is 1. The van der Waals surface area contributed by atoms with Crippen molar-refractivity contribution >= 4 is 39.8 Å². The monoisotopic (exact) mass is 426 g/mol. The zero-order chi connectivity index (χ0) is 22.1. The van der Waals surface area contributed by atoms with Gasteiger partial charge in [-0.2, -0.15) is 0 Å². The number of carbonyl (C=O) groups is 1. The van der Waals surface area contributed by atoms with Crippen LogP contribution in [-0.2, 0) is 22.4 Å². The Morgan fingerprint density at radius 3 is 2.67 bits per heavy atom. The van der Waals surface area contributed by atoms with Gasteiger partial charge in [-0.1, -0.05) is 12.7 Å². The van der Waals surface area contributed by atoms with E-state index >= 15 is 0 Å². The fraction of sp³-hybridized carbons (Fsp3) is 0.458. The molecule has 1 atom stereocenters. The molecule has 3 rings (SSSR count). The van der Waals surface area contributed by atoms with Crippen molar-refractivity contribution in [3.05, 3.63) is 45.6 Å². The Labute approximate surface area is 182 Å². The van der Waals surface area contributed by atoms with Crippen molar-refractivity contribution in [3.8, 4) is 0 Å². The normalized spacial score (nSPS) is 15.8. The number of hydrogen-bond acceptors (Lipinski definition) is 5. The van der Waals surface area contributed by atoms with Crippen LogP contribution < -0.4 is 0 Å². The van der Waals surface area contributed by atoms with Crippen molar-refractivity contribution in [2.24, 2.45) is 4.99 Å². The molecule has 2 aromatic rings. The highest BCUT2D eigenvalue weighted by Gasteiger charge is 2.32. The van der Waals surface area contributed by atoms with E-state index in [-0.39, 0.29) is 0 Å². The molecule has 2 aromatic heterocycles. The lowest BCUT2D eigenvalue weighted by Gasteiger charge is -2.27. The fourth-order valence-electron chi connectivity index (χ4n) is 3.85. The van der Waals surface area contributed by atoms with E-state index in [0.29, 0.717) is 17.0 Å². The third-order valence-electron chi connectivity index (χ3n) is 4.97. The van der Waals surface area contributed by atoms with Gasteiger partial charge in [-0.3, -0.25) is 4.99 Å². The number of allylic oxidation sites excluding steroid dienone is 2. The van der Waals surface area contributed by atoms with Crippen LogP contribution in [0, 0.1) is 6.92 Å². The van der Waals surface area contributed by atoms with E-state index in [1.807, 2.05) is 46.8 Å². The Hall–Kier alpha value is -2.31. The first-order valence-corrected chi connectivity index (χ1v) is 11.1. The summed E-state index contributed by atoms with van der Waals surface area (Å²) in [7, 11) is 0. The first-order valence-electron chi connectivity index (χ1n) is 10.3. The molecule has 0 spiro atoms. The van der Waals surface area contributed by atoms with Crippen molar-refractivity contribution in [2.45, 2.75) is 72.0 Å². The predicted molar refractivity (Wildman–Crippen MR) is 125 cm³/mol. The number of aromatic nitrogens is 1. The third kappa shape index (κ3) is 4.87. The van der Waals surface area contributed by atoms with Crippen molar-refractivity contribution in [1.29, 1.82) is 0 Å². The highest BCUT2D eigenvalue weighted by molar-refractivity contribution is 7.18. The molecule has 1 aliphatic carbocycles. The van der Waals surface area contributed by atoms with Crippen LogP contribution in [0.15, 0.2) is 23.3 Å². The molecule has 1 unspecified atom stereocenters. The zero-order valence-electron chi connectivity index (χ0n) is 18.4. The van der Waals surface area contributed by atoms with Gasteiger partial charge < -0.3 is 9.84 Å². The molecule has 160 valence electrons. The van der Waals surface area contributed by atoms with Crippen molar-refractivity contribution < 1.29 is 14.6 Å². The lowest BCUT2D eigenvalue weighted by atomic mass is 9.91. The summed E-state index contributed by atoms with van der Waals surface area (Å²) in [4.78, 5) is 23.6. The van der Waals surface area contributed by atoms with Crippen LogP contribution in [0.2, 0.25) is 0 Å². The van der Waals surface area contributed by atoms with Gasteiger partial charge in [0.15, 0.2) is 6.10 Å². The van der Waals surface area contributed by atoms with Gasteiger partial charge in [0.25, 0.3) is 0 Å². The molecule has 0 amide bonds. The second-order valence-corrected chi connectivity index (χ2v) is 9.82. The molecule has 1 aliphatic rings. The molecule has 0 saturated heterocycles. The summed E-state index contributed by atoms with van der Waals surface area (Å²) in [5.74, 6) is -1.01. The zero-order valence-corrected chi connectivity index (χ0v) is 19.2. The first kappa shape index (κ1) is 22.4. The second-order valence-electron chi connectivity index (χ2n) is 8.74. The quantitative estimate of drug-likeness (QED) is 0.571. The number of fused-ring (bicyclic) bond motifs is 3. The number of pyridine rings is 1. The number of carboxylic acid groups (broad SMARTS) is 1. The predicted octanol–water partition coefficient (Wildman–Crippen LogP) is 6.04. The Kier molecular flexibility index (Phi) is 6.58. The molecule has 2 heterocycles. The van der Waals surface area contributed by atoms with Crippen molar-refractivity contribution in [3.63, 3.8) is 0 Å².